The van der Waals surface area contributed by atoms with E-state index >= 15 is 0 Å². The Bertz CT molecular complexity index is 800. The number of nitrogen functional groups attached to an aromatic ring is 1. The van der Waals surface area contributed by atoms with Gasteiger partial charge in [-0.25, -0.2) is 0 Å². The summed E-state index contributed by atoms with van der Waals surface area (Å²) in [6, 6.07) is 9.72. The van der Waals surface area contributed by atoms with Gasteiger partial charge in [-0.2, -0.15) is 5.26 Å². The number of nitrogens with zero attached hydrogens (tertiary/aromatic N) is 2. The first-order chi connectivity index (χ1) is 9.70. The fraction of sp³-hybridized carbons (Fsp3) is 0. The van der Waals surface area contributed by atoms with Crippen LogP contribution in [0.4, 0.5) is 5.69 Å². The third-order valence-electron chi connectivity index (χ3n) is 2.79. The fourth-order valence-electron chi connectivity index (χ4n) is 1.93. The zero-order chi connectivity index (χ0) is 14.1. The molecule has 0 aliphatic heterocycles. The van der Waals surface area contributed by atoms with Crippen molar-refractivity contribution in [3.8, 4) is 27.0 Å². The molecule has 3 aromatic rings. The predicted octanol–water partition coefficient (Wildman–Crippen LogP) is 4.65. The minimum absolute atomic E-state index is 0.505. The van der Waals surface area contributed by atoms with E-state index < -0.39 is 0 Å². The predicted molar refractivity (Wildman–Crippen MR) is 85.0 cm³/mol. The molecule has 3 aromatic heterocycles. The van der Waals surface area contributed by atoms with Gasteiger partial charge in [0.05, 0.1) is 14.9 Å². The van der Waals surface area contributed by atoms with Crippen LogP contribution >= 0.6 is 34.3 Å². The van der Waals surface area contributed by atoms with Crippen LogP contribution in [-0.2, 0) is 0 Å². The van der Waals surface area contributed by atoms with Gasteiger partial charge in [-0.1, -0.05) is 17.7 Å². The number of halogens is 1. The molecule has 98 valence electrons. The van der Waals surface area contributed by atoms with Crippen LogP contribution in [0, 0.1) is 11.3 Å². The Morgan fingerprint density at radius 3 is 2.70 bits per heavy atom. The topological polar surface area (TPSA) is 62.7 Å². The maximum absolute atomic E-state index is 9.20. The molecule has 3 nitrogen and oxygen atoms in total. The molecule has 0 aromatic carbocycles. The van der Waals surface area contributed by atoms with Crippen molar-refractivity contribution in [2.24, 2.45) is 0 Å². The molecule has 0 unspecified atom stereocenters. The van der Waals surface area contributed by atoms with Crippen molar-refractivity contribution in [2.75, 3.05) is 5.73 Å². The van der Waals surface area contributed by atoms with E-state index in [4.69, 9.17) is 17.3 Å². The Balaban J connectivity index is 2.28. The number of hydrogen-bond donors (Lipinski definition) is 1. The SMILES string of the molecule is N#Cc1sc(-c2ccc(Cl)s2)c(-c2cccnc2)c1N. The van der Waals surface area contributed by atoms with Gasteiger partial charge in [0.15, 0.2) is 0 Å². The second kappa shape index (κ2) is 5.25. The third-order valence-corrected chi connectivity index (χ3v) is 5.32. The van der Waals surface area contributed by atoms with Gasteiger partial charge >= 0.3 is 0 Å². The number of rotatable bonds is 2. The van der Waals surface area contributed by atoms with Gasteiger partial charge in [0.1, 0.15) is 10.9 Å². The summed E-state index contributed by atoms with van der Waals surface area (Å²) < 4.78 is 0.711. The molecule has 20 heavy (non-hydrogen) atoms. The molecule has 0 aliphatic rings. The summed E-state index contributed by atoms with van der Waals surface area (Å²) in [4.78, 5) is 6.61. The van der Waals surface area contributed by atoms with Gasteiger partial charge in [-0.3, -0.25) is 4.98 Å². The van der Waals surface area contributed by atoms with Gasteiger partial charge in [0.25, 0.3) is 0 Å². The normalized spacial score (nSPS) is 10.4. The maximum atomic E-state index is 9.20. The van der Waals surface area contributed by atoms with Crippen LogP contribution in [0.5, 0.6) is 0 Å². The molecule has 3 heterocycles. The highest BCUT2D eigenvalue weighted by molar-refractivity contribution is 7.25. The van der Waals surface area contributed by atoms with Crippen LogP contribution in [0.3, 0.4) is 0 Å². The second-order valence-electron chi connectivity index (χ2n) is 4.01. The van der Waals surface area contributed by atoms with Crippen LogP contribution in [0.1, 0.15) is 4.88 Å². The molecule has 0 bridgehead atoms. The van der Waals surface area contributed by atoms with E-state index in [0.29, 0.717) is 14.9 Å². The summed E-state index contributed by atoms with van der Waals surface area (Å²) in [5, 5.41) is 9.20. The molecule has 2 N–H and O–H groups in total. The second-order valence-corrected chi connectivity index (χ2v) is 6.74. The highest BCUT2D eigenvalue weighted by atomic mass is 35.5. The van der Waals surface area contributed by atoms with Crippen molar-refractivity contribution < 1.29 is 0 Å². The first-order valence-corrected chi connectivity index (χ1v) is 7.70. The van der Waals surface area contributed by atoms with Crippen molar-refractivity contribution >= 4 is 40.0 Å². The van der Waals surface area contributed by atoms with Crippen molar-refractivity contribution in [1.82, 2.24) is 4.98 Å². The van der Waals surface area contributed by atoms with Gasteiger partial charge in [0.2, 0.25) is 0 Å². The lowest BCUT2D eigenvalue weighted by atomic mass is 10.1. The number of hydrogen-bond acceptors (Lipinski definition) is 5. The molecule has 3 rings (SSSR count). The average Bonchev–Trinajstić information content (AvgIpc) is 3.03. The van der Waals surface area contributed by atoms with Gasteiger partial charge in [-0.05, 0) is 18.2 Å². The first kappa shape index (κ1) is 13.1. The smallest absolute Gasteiger partial charge is 0.129 e. The molecule has 0 saturated carbocycles. The molecule has 0 aliphatic carbocycles. The quantitative estimate of drug-likeness (QED) is 0.748. The van der Waals surface area contributed by atoms with E-state index in [1.807, 2.05) is 24.3 Å². The monoisotopic (exact) mass is 317 g/mol. The molecule has 0 atom stereocenters. The van der Waals surface area contributed by atoms with Crippen molar-refractivity contribution in [3.63, 3.8) is 0 Å². The zero-order valence-electron chi connectivity index (χ0n) is 10.1. The fourth-order valence-corrected chi connectivity index (χ4v) is 4.13. The van der Waals surface area contributed by atoms with Crippen LogP contribution in [-0.4, -0.2) is 4.98 Å². The third kappa shape index (κ3) is 2.18. The Morgan fingerprint density at radius 2 is 2.10 bits per heavy atom. The number of nitrogens with two attached hydrogens (primary N) is 1. The standard InChI is InChI=1S/C14H8ClN3S2/c15-11-4-3-9(19-11)14-12(8-2-1-5-18-7-8)13(17)10(6-16)20-14/h1-5,7H,17H2. The largest absolute Gasteiger partial charge is 0.396 e. The Hall–Kier alpha value is -1.87. The van der Waals surface area contributed by atoms with Crippen LogP contribution in [0.15, 0.2) is 36.7 Å². The lowest BCUT2D eigenvalue weighted by Gasteiger charge is -2.03. The summed E-state index contributed by atoms with van der Waals surface area (Å²) in [5.74, 6) is 0. The molecular weight excluding hydrogens is 310 g/mol. The molecule has 0 radical (unpaired) electrons. The number of pyridine rings is 1. The van der Waals surface area contributed by atoms with E-state index in [1.54, 1.807) is 12.4 Å². The van der Waals surface area contributed by atoms with Crippen LogP contribution < -0.4 is 5.73 Å². The molecule has 0 amide bonds. The summed E-state index contributed by atoms with van der Waals surface area (Å²) in [5.41, 5.74) is 8.39. The van der Waals surface area contributed by atoms with Crippen LogP contribution in [0.2, 0.25) is 4.34 Å². The molecular formula is C14H8ClN3S2. The van der Waals surface area contributed by atoms with Crippen LogP contribution in [0.25, 0.3) is 20.9 Å². The zero-order valence-corrected chi connectivity index (χ0v) is 12.5. The molecule has 0 saturated heterocycles. The molecule has 6 heteroatoms. The minimum Gasteiger partial charge on any atom is -0.396 e. The highest BCUT2D eigenvalue weighted by Crippen LogP contribution is 2.47. The van der Waals surface area contributed by atoms with Gasteiger partial charge in [-0.15, -0.1) is 22.7 Å². The lowest BCUT2D eigenvalue weighted by molar-refractivity contribution is 1.33. The number of nitriles is 1. The van der Waals surface area contributed by atoms with Gasteiger partial charge < -0.3 is 5.73 Å². The first-order valence-electron chi connectivity index (χ1n) is 5.69. The van der Waals surface area contributed by atoms with E-state index in [9.17, 15) is 5.26 Å². The van der Waals surface area contributed by atoms with E-state index in [1.165, 1.54) is 22.7 Å². The average molecular weight is 318 g/mol. The van der Waals surface area contributed by atoms with Crippen molar-refractivity contribution in [3.05, 3.63) is 45.9 Å². The maximum Gasteiger partial charge on any atom is 0.129 e. The Morgan fingerprint density at radius 1 is 1.25 bits per heavy atom. The Labute approximate surface area is 128 Å². The number of thiophene rings is 2. The molecule has 0 spiro atoms. The van der Waals surface area contributed by atoms with Gasteiger partial charge in [0, 0.05) is 28.4 Å². The summed E-state index contributed by atoms with van der Waals surface area (Å²) in [6.07, 6.45) is 3.46. The summed E-state index contributed by atoms with van der Waals surface area (Å²) in [6.45, 7) is 0. The molecule has 0 fully saturated rings. The summed E-state index contributed by atoms with van der Waals surface area (Å²) >= 11 is 8.86. The lowest BCUT2D eigenvalue weighted by Crippen LogP contribution is -1.89. The summed E-state index contributed by atoms with van der Waals surface area (Å²) in [7, 11) is 0. The van der Waals surface area contributed by atoms with Crippen molar-refractivity contribution in [1.29, 1.82) is 5.26 Å². The van der Waals surface area contributed by atoms with E-state index in [2.05, 4.69) is 11.1 Å². The minimum atomic E-state index is 0.505. The number of aromatic nitrogens is 1. The Kier molecular flexibility index (Phi) is 3.45. The highest BCUT2D eigenvalue weighted by Gasteiger charge is 2.19. The van der Waals surface area contributed by atoms with Crippen molar-refractivity contribution in [2.45, 2.75) is 0 Å². The van der Waals surface area contributed by atoms with E-state index in [0.717, 1.165) is 20.9 Å². The van der Waals surface area contributed by atoms with E-state index in [-0.39, 0.29) is 0 Å². The number of anilines is 1.